The van der Waals surface area contributed by atoms with E-state index in [-0.39, 0.29) is 42.5 Å². The van der Waals surface area contributed by atoms with Crippen molar-refractivity contribution in [3.8, 4) is 0 Å². The first kappa shape index (κ1) is 11.3. The van der Waals surface area contributed by atoms with E-state index < -0.39 is 5.56 Å². The number of aliphatic hydroxyl groups is 1. The zero-order valence-electron chi connectivity index (χ0n) is 8.88. The number of imidazole rings is 1. The molecule has 0 amide bonds. The minimum Gasteiger partial charge on any atom is -0.396 e. The van der Waals surface area contributed by atoms with Crippen LogP contribution in [-0.2, 0) is 11.3 Å². The standard InChI is InChI=1S/C9H11N5O3/c10-9-12-7-6(8(17)13-9)11-4-14(7)3-5(16)1-2-15/h4,15H,1-3H2,(H3,10,12,13,17). The average molecular weight is 237 g/mol. The zero-order valence-corrected chi connectivity index (χ0v) is 8.88. The number of nitrogens with two attached hydrogens (primary N) is 1. The van der Waals surface area contributed by atoms with Crippen molar-refractivity contribution in [1.82, 2.24) is 19.5 Å². The number of ketones is 1. The maximum atomic E-state index is 11.4. The van der Waals surface area contributed by atoms with Gasteiger partial charge in [0.25, 0.3) is 5.56 Å². The summed E-state index contributed by atoms with van der Waals surface area (Å²) >= 11 is 0. The van der Waals surface area contributed by atoms with Crippen LogP contribution in [0.4, 0.5) is 5.95 Å². The van der Waals surface area contributed by atoms with E-state index in [1.54, 1.807) is 0 Å². The molecule has 8 nitrogen and oxygen atoms in total. The number of hydrogen-bond donors (Lipinski definition) is 3. The Kier molecular flexibility index (Phi) is 2.88. The minimum atomic E-state index is -0.444. The maximum Gasteiger partial charge on any atom is 0.280 e. The summed E-state index contributed by atoms with van der Waals surface area (Å²) in [6, 6.07) is 0. The minimum absolute atomic E-state index is 0.00690. The second kappa shape index (κ2) is 4.34. The molecule has 2 aromatic heterocycles. The van der Waals surface area contributed by atoms with Crippen LogP contribution in [-0.4, -0.2) is 37.0 Å². The maximum absolute atomic E-state index is 11.4. The van der Waals surface area contributed by atoms with Crippen LogP contribution in [0.15, 0.2) is 11.1 Å². The van der Waals surface area contributed by atoms with Gasteiger partial charge in [-0.25, -0.2) is 4.98 Å². The fourth-order valence-corrected chi connectivity index (χ4v) is 1.48. The molecule has 0 fully saturated rings. The Morgan fingerprint density at radius 3 is 3.06 bits per heavy atom. The highest BCUT2D eigenvalue weighted by molar-refractivity contribution is 5.80. The van der Waals surface area contributed by atoms with Crippen molar-refractivity contribution in [3.05, 3.63) is 16.7 Å². The Morgan fingerprint density at radius 2 is 2.35 bits per heavy atom. The summed E-state index contributed by atoms with van der Waals surface area (Å²) in [5, 5.41) is 8.63. The number of aliphatic hydroxyl groups excluding tert-OH is 1. The monoisotopic (exact) mass is 237 g/mol. The lowest BCUT2D eigenvalue weighted by Gasteiger charge is -2.01. The number of rotatable bonds is 4. The van der Waals surface area contributed by atoms with Gasteiger partial charge in [-0.2, -0.15) is 4.98 Å². The summed E-state index contributed by atoms with van der Waals surface area (Å²) in [4.78, 5) is 32.9. The van der Waals surface area contributed by atoms with Crippen LogP contribution >= 0.6 is 0 Å². The summed E-state index contributed by atoms with van der Waals surface area (Å²) in [5.41, 5.74) is 5.36. The molecule has 0 unspecified atom stereocenters. The van der Waals surface area contributed by atoms with E-state index in [0.717, 1.165) is 0 Å². The second-order valence-electron chi connectivity index (χ2n) is 3.51. The zero-order chi connectivity index (χ0) is 12.4. The van der Waals surface area contributed by atoms with Crippen LogP contribution in [0.3, 0.4) is 0 Å². The second-order valence-corrected chi connectivity index (χ2v) is 3.51. The van der Waals surface area contributed by atoms with Crippen LogP contribution in [0, 0.1) is 0 Å². The van der Waals surface area contributed by atoms with Crippen molar-refractivity contribution in [3.63, 3.8) is 0 Å². The molecule has 0 aromatic carbocycles. The van der Waals surface area contributed by atoms with Gasteiger partial charge in [-0.05, 0) is 0 Å². The number of anilines is 1. The number of nitrogen functional groups attached to an aromatic ring is 1. The number of H-pyrrole nitrogens is 1. The topological polar surface area (TPSA) is 127 Å². The number of carbonyl (C=O) groups is 1. The summed E-state index contributed by atoms with van der Waals surface area (Å²) in [6.45, 7) is -0.200. The number of fused-ring (bicyclic) bond motifs is 1. The smallest absolute Gasteiger partial charge is 0.280 e. The van der Waals surface area contributed by atoms with E-state index in [0.29, 0.717) is 0 Å². The largest absolute Gasteiger partial charge is 0.396 e. The molecule has 0 saturated heterocycles. The third kappa shape index (κ3) is 2.16. The van der Waals surface area contributed by atoms with Crippen molar-refractivity contribution in [2.75, 3.05) is 12.3 Å². The molecule has 4 N–H and O–H groups in total. The van der Waals surface area contributed by atoms with E-state index in [1.807, 2.05) is 0 Å². The number of carbonyl (C=O) groups excluding carboxylic acids is 1. The van der Waals surface area contributed by atoms with Gasteiger partial charge in [0.1, 0.15) is 0 Å². The van der Waals surface area contributed by atoms with E-state index in [1.165, 1.54) is 10.9 Å². The molecular formula is C9H11N5O3. The first-order chi connectivity index (χ1) is 8.11. The van der Waals surface area contributed by atoms with Gasteiger partial charge >= 0.3 is 0 Å². The molecule has 8 heteroatoms. The first-order valence-electron chi connectivity index (χ1n) is 4.95. The SMILES string of the molecule is Nc1nc2c(ncn2CC(=O)CCO)c(=O)[nH]1. The molecule has 0 radical (unpaired) electrons. The van der Waals surface area contributed by atoms with Crippen LogP contribution < -0.4 is 11.3 Å². The van der Waals surface area contributed by atoms with E-state index in [2.05, 4.69) is 15.0 Å². The summed E-state index contributed by atoms with van der Waals surface area (Å²) in [5.74, 6) is -0.202. The Labute approximate surface area is 95.1 Å². The van der Waals surface area contributed by atoms with Gasteiger partial charge in [0, 0.05) is 6.42 Å². The lowest BCUT2D eigenvalue weighted by Crippen LogP contribution is -2.14. The molecule has 0 aliphatic carbocycles. The van der Waals surface area contributed by atoms with Gasteiger partial charge in [-0.3, -0.25) is 14.6 Å². The molecule has 17 heavy (non-hydrogen) atoms. The van der Waals surface area contributed by atoms with Crippen molar-refractivity contribution in [1.29, 1.82) is 0 Å². The summed E-state index contributed by atoms with van der Waals surface area (Å²) < 4.78 is 1.43. The van der Waals surface area contributed by atoms with Crippen molar-refractivity contribution in [2.45, 2.75) is 13.0 Å². The van der Waals surface area contributed by atoms with Gasteiger partial charge in [0.05, 0.1) is 19.5 Å². The van der Waals surface area contributed by atoms with Gasteiger partial charge in [-0.15, -0.1) is 0 Å². The average Bonchev–Trinajstić information content (AvgIpc) is 2.62. The Balaban J connectivity index is 2.42. The van der Waals surface area contributed by atoms with E-state index in [4.69, 9.17) is 10.8 Å². The molecule has 0 bridgehead atoms. The van der Waals surface area contributed by atoms with Gasteiger partial charge < -0.3 is 15.4 Å². The molecule has 2 rings (SSSR count). The third-order valence-corrected chi connectivity index (χ3v) is 2.23. The molecule has 90 valence electrons. The van der Waals surface area contributed by atoms with Crippen LogP contribution in [0.25, 0.3) is 11.2 Å². The lowest BCUT2D eigenvalue weighted by molar-refractivity contribution is -0.120. The van der Waals surface area contributed by atoms with Crippen molar-refractivity contribution >= 4 is 22.9 Å². The first-order valence-corrected chi connectivity index (χ1v) is 4.95. The molecule has 0 aliphatic heterocycles. The number of aromatic amines is 1. The highest BCUT2D eigenvalue weighted by atomic mass is 16.3. The van der Waals surface area contributed by atoms with Crippen molar-refractivity contribution in [2.24, 2.45) is 0 Å². The number of Topliss-reactive ketones (excluding diaryl/α,β-unsaturated/α-hetero) is 1. The Bertz CT molecular complexity index is 615. The molecular weight excluding hydrogens is 226 g/mol. The van der Waals surface area contributed by atoms with E-state index >= 15 is 0 Å². The fraction of sp³-hybridized carbons (Fsp3) is 0.333. The predicted molar refractivity (Wildman–Crippen MR) is 59.3 cm³/mol. The fourth-order valence-electron chi connectivity index (χ4n) is 1.48. The molecule has 0 atom stereocenters. The van der Waals surface area contributed by atoms with Crippen LogP contribution in [0.5, 0.6) is 0 Å². The molecule has 2 aromatic rings. The van der Waals surface area contributed by atoms with Gasteiger partial charge in [-0.1, -0.05) is 0 Å². The predicted octanol–water partition coefficient (Wildman–Crippen LogP) is -1.35. The number of nitrogens with one attached hydrogen (secondary N) is 1. The molecule has 0 saturated carbocycles. The highest BCUT2D eigenvalue weighted by Crippen LogP contribution is 2.06. The van der Waals surface area contributed by atoms with E-state index in [9.17, 15) is 9.59 Å². The Hall–Kier alpha value is -2.22. The number of hydrogen-bond acceptors (Lipinski definition) is 6. The quantitative estimate of drug-likeness (QED) is 0.603. The number of aromatic nitrogens is 4. The van der Waals surface area contributed by atoms with Gasteiger partial charge in [0.2, 0.25) is 5.95 Å². The third-order valence-electron chi connectivity index (χ3n) is 2.23. The molecule has 0 aliphatic rings. The van der Waals surface area contributed by atoms with Crippen LogP contribution in [0.1, 0.15) is 6.42 Å². The normalized spacial score (nSPS) is 10.9. The number of nitrogens with zero attached hydrogens (tertiary/aromatic N) is 3. The van der Waals surface area contributed by atoms with Gasteiger partial charge in [0.15, 0.2) is 16.9 Å². The summed E-state index contributed by atoms with van der Waals surface area (Å²) in [6.07, 6.45) is 1.40. The Morgan fingerprint density at radius 1 is 1.59 bits per heavy atom. The van der Waals surface area contributed by atoms with Crippen LogP contribution in [0.2, 0.25) is 0 Å². The molecule has 0 spiro atoms. The lowest BCUT2D eigenvalue weighted by atomic mass is 10.3. The van der Waals surface area contributed by atoms with Crippen molar-refractivity contribution < 1.29 is 9.90 Å². The summed E-state index contributed by atoms with van der Waals surface area (Å²) in [7, 11) is 0. The molecule has 2 heterocycles. The highest BCUT2D eigenvalue weighted by Gasteiger charge is 2.11.